The highest BCUT2D eigenvalue weighted by Crippen LogP contribution is 2.25. The molecule has 4 rings (SSSR count). The summed E-state index contributed by atoms with van der Waals surface area (Å²) < 4.78 is 10.6. The Kier molecular flexibility index (Phi) is 5.77. The Morgan fingerprint density at radius 2 is 1.41 bits per heavy atom. The topological polar surface area (TPSA) is 37.3 Å². The first-order chi connectivity index (χ1) is 14.3. The zero-order chi connectivity index (χ0) is 20.1. The second-order valence-corrected chi connectivity index (χ2v) is 6.93. The summed E-state index contributed by atoms with van der Waals surface area (Å²) >= 11 is 0. The van der Waals surface area contributed by atoms with Crippen molar-refractivity contribution in [2.24, 2.45) is 4.99 Å². The summed E-state index contributed by atoms with van der Waals surface area (Å²) in [5.74, 6) is 2.71. The van der Waals surface area contributed by atoms with Gasteiger partial charge in [-0.2, -0.15) is 0 Å². The predicted molar refractivity (Wildman–Crippen MR) is 117 cm³/mol. The molecule has 0 saturated heterocycles. The van der Waals surface area contributed by atoms with E-state index in [1.54, 1.807) is 14.2 Å². The maximum absolute atomic E-state index is 5.32. The van der Waals surface area contributed by atoms with Crippen molar-refractivity contribution in [3.8, 4) is 11.5 Å². The molecule has 5 heteroatoms. The van der Waals surface area contributed by atoms with Crippen LogP contribution in [0.3, 0.4) is 0 Å². The summed E-state index contributed by atoms with van der Waals surface area (Å²) in [6.45, 7) is 2.23. The van der Waals surface area contributed by atoms with Gasteiger partial charge in [-0.3, -0.25) is 9.89 Å². The van der Waals surface area contributed by atoms with Crippen LogP contribution in [0.4, 0.5) is 5.69 Å². The van der Waals surface area contributed by atoms with Gasteiger partial charge in [-0.05, 0) is 42.0 Å². The Hall–Kier alpha value is -3.31. The Morgan fingerprint density at radius 1 is 0.793 bits per heavy atom. The van der Waals surface area contributed by atoms with E-state index >= 15 is 0 Å². The van der Waals surface area contributed by atoms with Crippen LogP contribution in [-0.4, -0.2) is 38.3 Å². The van der Waals surface area contributed by atoms with Crippen LogP contribution in [0, 0.1) is 0 Å². The van der Waals surface area contributed by atoms with Gasteiger partial charge in [-0.15, -0.1) is 0 Å². The van der Waals surface area contributed by atoms with Gasteiger partial charge in [0, 0.05) is 17.8 Å². The van der Waals surface area contributed by atoms with Crippen molar-refractivity contribution in [2.75, 3.05) is 32.5 Å². The van der Waals surface area contributed by atoms with E-state index in [9.17, 15) is 0 Å². The maximum Gasteiger partial charge on any atom is 0.137 e. The molecule has 0 radical (unpaired) electrons. The number of hydrogen-bond acceptors (Lipinski definition) is 5. The number of aliphatic imine (C=N–C) groups is 1. The van der Waals surface area contributed by atoms with Gasteiger partial charge in [0.25, 0.3) is 0 Å². The Labute approximate surface area is 171 Å². The van der Waals surface area contributed by atoms with Crippen LogP contribution < -0.4 is 14.4 Å². The van der Waals surface area contributed by atoms with E-state index < -0.39 is 0 Å². The van der Waals surface area contributed by atoms with Crippen LogP contribution in [0.1, 0.15) is 11.1 Å². The Bertz CT molecular complexity index is 954. The third-order valence-electron chi connectivity index (χ3n) is 5.00. The van der Waals surface area contributed by atoms with Gasteiger partial charge in [0.05, 0.1) is 27.6 Å². The minimum absolute atomic E-state index is 0.656. The quantitative estimate of drug-likeness (QED) is 0.629. The fourth-order valence-corrected chi connectivity index (χ4v) is 3.45. The minimum atomic E-state index is 0.656. The minimum Gasteiger partial charge on any atom is -0.497 e. The van der Waals surface area contributed by atoms with Gasteiger partial charge >= 0.3 is 0 Å². The zero-order valence-electron chi connectivity index (χ0n) is 16.8. The molecule has 0 spiro atoms. The first kappa shape index (κ1) is 19.0. The second kappa shape index (κ2) is 8.80. The van der Waals surface area contributed by atoms with Gasteiger partial charge in [-0.1, -0.05) is 42.5 Å². The molecule has 0 saturated carbocycles. The standard InChI is InChI=1S/C24H25N3O2/c1-28-22-12-8-19(9-13-22)16-26-17-25-24(20-6-4-3-5-7-20)27(18-26)21-10-14-23(29-2)15-11-21/h3-15H,16-18H2,1-2H3. The van der Waals surface area contributed by atoms with Crippen molar-refractivity contribution in [2.45, 2.75) is 6.54 Å². The molecule has 1 aliphatic heterocycles. The highest BCUT2D eigenvalue weighted by Gasteiger charge is 2.23. The molecule has 0 atom stereocenters. The van der Waals surface area contributed by atoms with Crippen molar-refractivity contribution >= 4 is 11.5 Å². The van der Waals surface area contributed by atoms with E-state index in [2.05, 4.69) is 46.2 Å². The molecule has 0 fully saturated rings. The van der Waals surface area contributed by atoms with E-state index in [0.29, 0.717) is 6.67 Å². The number of hydrogen-bond donors (Lipinski definition) is 0. The molecule has 0 bridgehead atoms. The lowest BCUT2D eigenvalue weighted by Gasteiger charge is -2.36. The van der Waals surface area contributed by atoms with Gasteiger partial charge in [-0.25, -0.2) is 0 Å². The molecule has 148 valence electrons. The first-order valence-electron chi connectivity index (χ1n) is 9.63. The molecule has 1 aliphatic rings. The van der Waals surface area contributed by atoms with Crippen LogP contribution in [0.25, 0.3) is 0 Å². The SMILES string of the molecule is COc1ccc(CN2CN=C(c3ccccc3)N(c3ccc(OC)cc3)C2)cc1. The number of benzene rings is 3. The van der Waals surface area contributed by atoms with Crippen molar-refractivity contribution in [3.63, 3.8) is 0 Å². The molecule has 0 N–H and O–H groups in total. The van der Waals surface area contributed by atoms with Crippen LogP contribution >= 0.6 is 0 Å². The summed E-state index contributed by atoms with van der Waals surface area (Å²) in [7, 11) is 3.37. The predicted octanol–water partition coefficient (Wildman–Crippen LogP) is 4.39. The summed E-state index contributed by atoms with van der Waals surface area (Å²) in [6.07, 6.45) is 0. The molecule has 0 aliphatic carbocycles. The van der Waals surface area contributed by atoms with Crippen molar-refractivity contribution < 1.29 is 9.47 Å². The smallest absolute Gasteiger partial charge is 0.137 e. The van der Waals surface area contributed by atoms with Crippen molar-refractivity contribution in [1.82, 2.24) is 4.90 Å². The fourth-order valence-electron chi connectivity index (χ4n) is 3.45. The summed E-state index contributed by atoms with van der Waals surface area (Å²) in [6, 6.07) is 26.7. The number of amidine groups is 1. The van der Waals surface area contributed by atoms with Crippen LogP contribution in [0.5, 0.6) is 11.5 Å². The average molecular weight is 387 g/mol. The lowest BCUT2D eigenvalue weighted by atomic mass is 10.1. The molecule has 29 heavy (non-hydrogen) atoms. The number of anilines is 1. The molecule has 1 heterocycles. The van der Waals surface area contributed by atoms with Crippen LogP contribution in [0.2, 0.25) is 0 Å². The molecule has 0 unspecified atom stereocenters. The number of methoxy groups -OCH3 is 2. The first-order valence-corrected chi connectivity index (χ1v) is 9.63. The fraction of sp³-hybridized carbons (Fsp3) is 0.208. The highest BCUT2D eigenvalue weighted by atomic mass is 16.5. The molecule has 0 amide bonds. The monoisotopic (exact) mass is 387 g/mol. The van der Waals surface area contributed by atoms with Crippen LogP contribution in [0.15, 0.2) is 83.9 Å². The molecular weight excluding hydrogens is 362 g/mol. The maximum atomic E-state index is 5.32. The molecule has 3 aromatic carbocycles. The van der Waals surface area contributed by atoms with Crippen molar-refractivity contribution in [3.05, 3.63) is 90.0 Å². The average Bonchev–Trinajstić information content (AvgIpc) is 2.80. The Balaban J connectivity index is 1.60. The van der Waals surface area contributed by atoms with Gasteiger partial charge in [0.15, 0.2) is 0 Å². The number of ether oxygens (including phenoxy) is 2. The largest absolute Gasteiger partial charge is 0.497 e. The van der Waals surface area contributed by atoms with Gasteiger partial charge in [0.1, 0.15) is 17.3 Å². The van der Waals surface area contributed by atoms with E-state index in [0.717, 1.165) is 41.8 Å². The number of nitrogens with zero attached hydrogens (tertiary/aromatic N) is 3. The molecule has 3 aromatic rings. The third-order valence-corrected chi connectivity index (χ3v) is 5.00. The van der Waals surface area contributed by atoms with E-state index in [4.69, 9.17) is 14.5 Å². The Morgan fingerprint density at radius 3 is 2.03 bits per heavy atom. The summed E-state index contributed by atoms with van der Waals surface area (Å²) in [5.41, 5.74) is 3.44. The second-order valence-electron chi connectivity index (χ2n) is 6.93. The lowest BCUT2D eigenvalue weighted by Crippen LogP contribution is -2.46. The van der Waals surface area contributed by atoms with E-state index in [1.165, 1.54) is 5.56 Å². The van der Waals surface area contributed by atoms with Gasteiger partial charge < -0.3 is 14.4 Å². The summed E-state index contributed by atoms with van der Waals surface area (Å²) in [5, 5.41) is 0. The highest BCUT2D eigenvalue weighted by molar-refractivity contribution is 6.10. The molecule has 5 nitrogen and oxygen atoms in total. The molecular formula is C24H25N3O2. The van der Waals surface area contributed by atoms with Crippen LogP contribution in [-0.2, 0) is 6.54 Å². The normalized spacial score (nSPS) is 14.4. The lowest BCUT2D eigenvalue weighted by molar-refractivity contribution is 0.273. The van der Waals surface area contributed by atoms with E-state index in [-0.39, 0.29) is 0 Å². The number of rotatable bonds is 6. The van der Waals surface area contributed by atoms with Gasteiger partial charge in [0.2, 0.25) is 0 Å². The van der Waals surface area contributed by atoms with E-state index in [1.807, 2.05) is 42.5 Å². The summed E-state index contributed by atoms with van der Waals surface area (Å²) in [4.78, 5) is 9.49. The molecule has 0 aromatic heterocycles. The van der Waals surface area contributed by atoms with Crippen molar-refractivity contribution in [1.29, 1.82) is 0 Å². The third kappa shape index (κ3) is 4.41. The zero-order valence-corrected chi connectivity index (χ0v) is 16.8.